The van der Waals surface area contributed by atoms with Gasteiger partial charge in [0.05, 0.1) is 5.56 Å². The smallest absolute Gasteiger partial charge is 0.251 e. The summed E-state index contributed by atoms with van der Waals surface area (Å²) in [4.78, 5) is 12.0. The summed E-state index contributed by atoms with van der Waals surface area (Å²) in [5.74, 6) is 2.22. The highest BCUT2D eigenvalue weighted by molar-refractivity contribution is 5.94. The van der Waals surface area contributed by atoms with E-state index < -0.39 is 5.92 Å². The molecular formula is C21H18F3NO. The Morgan fingerprint density at radius 2 is 1.85 bits per heavy atom. The van der Waals surface area contributed by atoms with Gasteiger partial charge in [0, 0.05) is 30.5 Å². The Hall–Kier alpha value is -2.74. The fourth-order valence-corrected chi connectivity index (χ4v) is 2.83. The van der Waals surface area contributed by atoms with E-state index in [9.17, 15) is 18.0 Å². The van der Waals surface area contributed by atoms with Crippen LogP contribution < -0.4 is 5.32 Å². The van der Waals surface area contributed by atoms with Crippen LogP contribution in [-0.4, -0.2) is 18.4 Å². The van der Waals surface area contributed by atoms with E-state index in [4.69, 9.17) is 0 Å². The Balaban J connectivity index is 1.58. The molecular weight excluding hydrogens is 339 g/mol. The number of hydrogen-bond donors (Lipinski definition) is 1. The Morgan fingerprint density at radius 3 is 2.46 bits per heavy atom. The number of halogens is 3. The Morgan fingerprint density at radius 1 is 1.15 bits per heavy atom. The molecule has 0 unspecified atom stereocenters. The molecule has 1 N–H and O–H groups in total. The van der Waals surface area contributed by atoms with Gasteiger partial charge < -0.3 is 5.32 Å². The number of aryl methyl sites for hydroxylation is 1. The van der Waals surface area contributed by atoms with Gasteiger partial charge in [0.15, 0.2) is 0 Å². The lowest BCUT2D eigenvalue weighted by molar-refractivity contribution is -0.108. The maximum absolute atomic E-state index is 13.8. The maximum Gasteiger partial charge on any atom is 0.251 e. The van der Waals surface area contributed by atoms with E-state index in [1.165, 1.54) is 6.07 Å². The van der Waals surface area contributed by atoms with Crippen molar-refractivity contribution in [2.24, 2.45) is 5.92 Å². The molecule has 1 fully saturated rings. The van der Waals surface area contributed by atoms with Crippen LogP contribution in [0.3, 0.4) is 0 Å². The average Bonchev–Trinajstić information content (AvgIpc) is 2.57. The Kier molecular flexibility index (Phi) is 5.03. The normalized spacial score (nSPS) is 15.5. The van der Waals surface area contributed by atoms with Gasteiger partial charge in [0.2, 0.25) is 5.92 Å². The van der Waals surface area contributed by atoms with Crippen LogP contribution >= 0.6 is 0 Å². The number of benzene rings is 2. The van der Waals surface area contributed by atoms with Crippen LogP contribution in [0, 0.1) is 30.5 Å². The van der Waals surface area contributed by atoms with Gasteiger partial charge in [-0.1, -0.05) is 17.9 Å². The maximum atomic E-state index is 13.8. The van der Waals surface area contributed by atoms with Gasteiger partial charge in [-0.3, -0.25) is 4.79 Å². The van der Waals surface area contributed by atoms with Gasteiger partial charge in [0.1, 0.15) is 5.82 Å². The summed E-state index contributed by atoms with van der Waals surface area (Å²) in [5.41, 5.74) is 2.23. The van der Waals surface area contributed by atoms with Crippen LogP contribution in [0.2, 0.25) is 0 Å². The molecule has 26 heavy (non-hydrogen) atoms. The standard InChI is InChI=1S/C21H18F3NO/c1-14-2-6-17(19(22)10-14)7-3-15-4-8-18(9-5-15)20(26)25-13-16-11-21(23,24)12-16/h2,4-6,8-10,16H,11-13H2,1H3,(H,25,26). The number of alkyl halides is 2. The number of amides is 1. The van der Waals surface area contributed by atoms with Crippen molar-refractivity contribution in [1.29, 1.82) is 0 Å². The zero-order valence-corrected chi connectivity index (χ0v) is 14.3. The molecule has 1 amide bonds. The van der Waals surface area contributed by atoms with Crippen LogP contribution in [0.25, 0.3) is 0 Å². The minimum atomic E-state index is -2.58. The highest BCUT2D eigenvalue weighted by Gasteiger charge is 2.44. The van der Waals surface area contributed by atoms with Gasteiger partial charge >= 0.3 is 0 Å². The molecule has 0 atom stereocenters. The Labute approximate surface area is 150 Å². The lowest BCUT2D eigenvalue weighted by atomic mass is 9.81. The SMILES string of the molecule is Cc1ccc(C#Cc2ccc(C(=O)NCC3CC(F)(F)C3)cc2)c(F)c1. The van der Waals surface area contributed by atoms with Crippen LogP contribution in [0.15, 0.2) is 42.5 Å². The summed E-state index contributed by atoms with van der Waals surface area (Å²) < 4.78 is 39.3. The van der Waals surface area contributed by atoms with E-state index in [1.54, 1.807) is 43.3 Å². The first-order valence-electron chi connectivity index (χ1n) is 8.37. The van der Waals surface area contributed by atoms with Crippen LogP contribution in [0.5, 0.6) is 0 Å². The average molecular weight is 357 g/mol. The second-order valence-electron chi connectivity index (χ2n) is 6.65. The van der Waals surface area contributed by atoms with Crippen molar-refractivity contribution in [2.75, 3.05) is 6.54 Å². The summed E-state index contributed by atoms with van der Waals surface area (Å²) in [6, 6.07) is 11.4. The highest BCUT2D eigenvalue weighted by Crippen LogP contribution is 2.41. The van der Waals surface area contributed by atoms with Crippen molar-refractivity contribution < 1.29 is 18.0 Å². The van der Waals surface area contributed by atoms with E-state index in [0.29, 0.717) is 16.7 Å². The number of hydrogen-bond acceptors (Lipinski definition) is 1. The van der Waals surface area contributed by atoms with Gasteiger partial charge in [-0.15, -0.1) is 0 Å². The molecule has 1 aliphatic carbocycles. The third kappa shape index (κ3) is 4.45. The zero-order chi connectivity index (χ0) is 18.7. The summed E-state index contributed by atoms with van der Waals surface area (Å²) >= 11 is 0. The molecule has 5 heteroatoms. The molecule has 134 valence electrons. The fourth-order valence-electron chi connectivity index (χ4n) is 2.83. The first kappa shape index (κ1) is 18.1. The third-order valence-electron chi connectivity index (χ3n) is 4.34. The zero-order valence-electron chi connectivity index (χ0n) is 14.3. The molecule has 3 rings (SSSR count). The molecule has 0 spiro atoms. The van der Waals surface area contributed by atoms with Crippen molar-refractivity contribution >= 4 is 5.91 Å². The van der Waals surface area contributed by atoms with Crippen LogP contribution in [0.1, 0.15) is 39.9 Å². The number of carbonyl (C=O) groups excluding carboxylic acids is 1. The summed E-state index contributed by atoms with van der Waals surface area (Å²) in [6.45, 7) is 2.06. The third-order valence-corrected chi connectivity index (χ3v) is 4.34. The van der Waals surface area contributed by atoms with Crippen molar-refractivity contribution in [3.05, 3.63) is 70.5 Å². The van der Waals surface area contributed by atoms with Crippen molar-refractivity contribution in [2.45, 2.75) is 25.7 Å². The summed E-state index contributed by atoms with van der Waals surface area (Å²) in [5, 5.41) is 2.67. The number of carbonyl (C=O) groups is 1. The van der Waals surface area contributed by atoms with E-state index in [0.717, 1.165) is 5.56 Å². The molecule has 2 nitrogen and oxygen atoms in total. The molecule has 1 saturated carbocycles. The molecule has 0 saturated heterocycles. The van der Waals surface area contributed by atoms with Crippen molar-refractivity contribution in [1.82, 2.24) is 5.32 Å². The van der Waals surface area contributed by atoms with E-state index in [-0.39, 0.29) is 37.0 Å². The van der Waals surface area contributed by atoms with E-state index in [1.807, 2.05) is 0 Å². The lowest BCUT2D eigenvalue weighted by Gasteiger charge is -2.34. The molecule has 0 aromatic heterocycles. The second kappa shape index (κ2) is 7.25. The van der Waals surface area contributed by atoms with Crippen molar-refractivity contribution in [3.63, 3.8) is 0 Å². The monoisotopic (exact) mass is 357 g/mol. The predicted molar refractivity (Wildman–Crippen MR) is 93.6 cm³/mol. The first-order chi connectivity index (χ1) is 12.3. The van der Waals surface area contributed by atoms with Crippen LogP contribution in [0.4, 0.5) is 13.2 Å². The lowest BCUT2D eigenvalue weighted by Crippen LogP contribution is -2.42. The largest absolute Gasteiger partial charge is 0.352 e. The van der Waals surface area contributed by atoms with Crippen molar-refractivity contribution in [3.8, 4) is 11.8 Å². The number of rotatable bonds is 3. The van der Waals surface area contributed by atoms with Gasteiger partial charge in [-0.25, -0.2) is 13.2 Å². The second-order valence-corrected chi connectivity index (χ2v) is 6.65. The minimum absolute atomic E-state index is 0.163. The van der Waals surface area contributed by atoms with Gasteiger partial charge in [-0.05, 0) is 54.8 Å². The molecule has 2 aromatic carbocycles. The topological polar surface area (TPSA) is 29.1 Å². The molecule has 0 bridgehead atoms. The quantitative estimate of drug-likeness (QED) is 0.815. The fraction of sp³-hybridized carbons (Fsp3) is 0.286. The van der Waals surface area contributed by atoms with E-state index in [2.05, 4.69) is 17.2 Å². The molecule has 0 aliphatic heterocycles. The summed E-state index contributed by atoms with van der Waals surface area (Å²) in [7, 11) is 0. The molecule has 0 heterocycles. The van der Waals surface area contributed by atoms with Crippen LogP contribution in [-0.2, 0) is 0 Å². The molecule has 1 aliphatic rings. The highest BCUT2D eigenvalue weighted by atomic mass is 19.3. The van der Waals surface area contributed by atoms with E-state index >= 15 is 0 Å². The predicted octanol–water partition coefficient (Wildman–Crippen LogP) is 4.31. The Bertz CT molecular complexity index is 870. The molecule has 2 aromatic rings. The number of nitrogens with one attached hydrogen (secondary N) is 1. The first-order valence-corrected chi connectivity index (χ1v) is 8.37. The summed E-state index contributed by atoms with van der Waals surface area (Å²) in [6.07, 6.45) is -0.339. The minimum Gasteiger partial charge on any atom is -0.352 e. The van der Waals surface area contributed by atoms with Gasteiger partial charge in [0.25, 0.3) is 5.91 Å². The molecule has 0 radical (unpaired) electrons. The van der Waals surface area contributed by atoms with Gasteiger partial charge in [-0.2, -0.15) is 0 Å².